The number of carbonyl (C=O) groups excluding carboxylic acids is 3. The molecule has 1 aliphatic heterocycles. The Kier molecular flexibility index (Phi) is 6.19. The van der Waals surface area contributed by atoms with Crippen LogP contribution < -0.4 is 15.4 Å². The molecular weight excluding hydrogens is 475 g/mol. The van der Waals surface area contributed by atoms with Gasteiger partial charge in [0, 0.05) is 18.2 Å². The Morgan fingerprint density at radius 3 is 2.41 bits per heavy atom. The van der Waals surface area contributed by atoms with Gasteiger partial charge < -0.3 is 20.1 Å². The molecule has 8 heteroatoms. The summed E-state index contributed by atoms with van der Waals surface area (Å²) in [5.41, 5.74) is 3.45. The van der Waals surface area contributed by atoms with E-state index in [1.54, 1.807) is 31.3 Å². The van der Waals surface area contributed by atoms with Gasteiger partial charge >= 0.3 is 5.97 Å². The van der Waals surface area contributed by atoms with Crippen LogP contribution in [0.4, 0.5) is 4.39 Å². The van der Waals surface area contributed by atoms with Gasteiger partial charge in [0.05, 0.1) is 7.11 Å². The number of rotatable bonds is 6. The number of hydrogen-bond donors (Lipinski definition) is 2. The van der Waals surface area contributed by atoms with Gasteiger partial charge in [0.15, 0.2) is 0 Å². The van der Waals surface area contributed by atoms with Crippen LogP contribution in [0.1, 0.15) is 51.9 Å². The first-order valence-electron chi connectivity index (χ1n) is 12.1. The number of hydrogen-bond acceptors (Lipinski definition) is 5. The first-order valence-corrected chi connectivity index (χ1v) is 12.1. The lowest BCUT2D eigenvalue weighted by atomic mass is 9.88. The zero-order valence-electron chi connectivity index (χ0n) is 20.8. The number of carbonyl (C=O) groups is 3. The van der Waals surface area contributed by atoms with E-state index in [2.05, 4.69) is 10.6 Å². The predicted molar refractivity (Wildman–Crippen MR) is 135 cm³/mol. The lowest BCUT2D eigenvalue weighted by Crippen LogP contribution is -2.43. The van der Waals surface area contributed by atoms with Crippen LogP contribution in [0.3, 0.4) is 0 Å². The Morgan fingerprint density at radius 2 is 1.76 bits per heavy atom. The maximum Gasteiger partial charge on any atom is 0.331 e. The summed E-state index contributed by atoms with van der Waals surface area (Å²) in [5.74, 6) is -1.43. The van der Waals surface area contributed by atoms with Crippen LogP contribution in [0.15, 0.2) is 60.7 Å². The van der Waals surface area contributed by atoms with Crippen molar-refractivity contribution in [2.45, 2.75) is 37.3 Å². The minimum Gasteiger partial charge on any atom is -0.484 e. The first kappa shape index (κ1) is 24.5. The van der Waals surface area contributed by atoms with Crippen molar-refractivity contribution in [2.24, 2.45) is 0 Å². The topological polar surface area (TPSA) is 93.7 Å². The number of halogens is 1. The fourth-order valence-corrected chi connectivity index (χ4v) is 4.85. The lowest BCUT2D eigenvalue weighted by Gasteiger charge is -2.18. The minimum absolute atomic E-state index is 0.215. The highest BCUT2D eigenvalue weighted by molar-refractivity contribution is 6.00. The predicted octanol–water partition coefficient (Wildman–Crippen LogP) is 4.20. The molecular formula is C29H27FN2O5. The van der Waals surface area contributed by atoms with Gasteiger partial charge in [-0.05, 0) is 78.4 Å². The van der Waals surface area contributed by atoms with Crippen molar-refractivity contribution in [3.8, 4) is 16.9 Å². The van der Waals surface area contributed by atoms with Crippen molar-refractivity contribution < 1.29 is 28.2 Å². The summed E-state index contributed by atoms with van der Waals surface area (Å²) in [6.45, 7) is 1.94. The number of nitrogens with one attached hydrogen (secondary N) is 2. The van der Waals surface area contributed by atoms with E-state index in [0.29, 0.717) is 35.3 Å². The van der Waals surface area contributed by atoms with Crippen LogP contribution in [-0.4, -0.2) is 37.5 Å². The summed E-state index contributed by atoms with van der Waals surface area (Å²) in [6.07, 6.45) is 0.493. The molecule has 2 unspecified atom stereocenters. The van der Waals surface area contributed by atoms with Gasteiger partial charge in [0.1, 0.15) is 29.1 Å². The summed E-state index contributed by atoms with van der Waals surface area (Å²) in [7, 11) is 2.88. The molecule has 190 valence electrons. The fourth-order valence-electron chi connectivity index (χ4n) is 4.85. The molecule has 0 radical (unpaired) electrons. The van der Waals surface area contributed by atoms with Crippen molar-refractivity contribution in [3.63, 3.8) is 0 Å². The lowest BCUT2D eigenvalue weighted by molar-refractivity contribution is -0.144. The normalized spacial score (nSPS) is 18.8. The number of likely N-dealkylation sites (N-methyl/N-ethyl adjacent to an activating group) is 1. The molecule has 2 aliphatic rings. The van der Waals surface area contributed by atoms with Crippen LogP contribution in [0.5, 0.6) is 5.75 Å². The largest absolute Gasteiger partial charge is 0.484 e. The molecule has 1 saturated carbocycles. The maximum atomic E-state index is 13.5. The highest BCUT2D eigenvalue weighted by Gasteiger charge is 2.52. The smallest absolute Gasteiger partial charge is 0.331 e. The minimum atomic E-state index is -0.947. The van der Waals surface area contributed by atoms with E-state index in [1.165, 1.54) is 19.2 Å². The van der Waals surface area contributed by atoms with Crippen LogP contribution in [0, 0.1) is 12.7 Å². The molecule has 7 nitrogen and oxygen atoms in total. The summed E-state index contributed by atoms with van der Waals surface area (Å²) >= 11 is 0. The molecule has 1 aliphatic carbocycles. The molecule has 2 atom stereocenters. The van der Waals surface area contributed by atoms with Gasteiger partial charge in [-0.1, -0.05) is 24.3 Å². The zero-order valence-corrected chi connectivity index (χ0v) is 20.8. The molecule has 0 bridgehead atoms. The Bertz CT molecular complexity index is 1400. The summed E-state index contributed by atoms with van der Waals surface area (Å²) in [6, 6.07) is 16.9. The highest BCUT2D eigenvalue weighted by atomic mass is 19.1. The van der Waals surface area contributed by atoms with E-state index in [0.717, 1.165) is 16.7 Å². The third-order valence-electron chi connectivity index (χ3n) is 7.12. The molecule has 0 spiro atoms. The van der Waals surface area contributed by atoms with E-state index < -0.39 is 23.5 Å². The van der Waals surface area contributed by atoms with Gasteiger partial charge in [0.25, 0.3) is 5.91 Å². The van der Waals surface area contributed by atoms with E-state index >= 15 is 0 Å². The van der Waals surface area contributed by atoms with E-state index in [1.807, 2.05) is 31.2 Å². The van der Waals surface area contributed by atoms with Gasteiger partial charge in [-0.2, -0.15) is 0 Å². The Balaban J connectivity index is 1.48. The molecule has 37 heavy (non-hydrogen) atoms. The number of ether oxygens (including phenoxy) is 2. The number of esters is 1. The van der Waals surface area contributed by atoms with Gasteiger partial charge in [0.2, 0.25) is 5.91 Å². The molecule has 2 N–H and O–H groups in total. The summed E-state index contributed by atoms with van der Waals surface area (Å²) < 4.78 is 24.5. The molecule has 0 aromatic heterocycles. The highest BCUT2D eigenvalue weighted by Crippen LogP contribution is 2.47. The zero-order chi connectivity index (χ0) is 26.3. The number of benzene rings is 3. The average Bonchev–Trinajstić information content (AvgIpc) is 3.59. The monoisotopic (exact) mass is 502 g/mol. The molecule has 5 rings (SSSR count). The number of methoxy groups -OCH3 is 1. The third-order valence-corrected chi connectivity index (χ3v) is 7.12. The van der Waals surface area contributed by atoms with E-state index in [4.69, 9.17) is 9.47 Å². The SMILES string of the molecule is CNC(=O)C1c2cc(-c3cc(C(=O)NC4(C(=O)OC)CC4)ccc3C)ccc2OC1c1ccc(F)cc1. The molecule has 1 heterocycles. The van der Waals surface area contributed by atoms with Gasteiger partial charge in [-0.25, -0.2) is 9.18 Å². The fraction of sp³-hybridized carbons (Fsp3) is 0.276. The molecule has 1 fully saturated rings. The second-order valence-electron chi connectivity index (χ2n) is 9.49. The molecule has 2 amide bonds. The summed E-state index contributed by atoms with van der Waals surface area (Å²) in [5, 5.41) is 5.53. The van der Waals surface area contributed by atoms with Crippen LogP contribution in [-0.2, 0) is 14.3 Å². The standard InChI is InChI=1S/C29H27FN2O5/c1-16-4-5-19(26(33)32-29(12-13-29)28(35)36-3)15-21(16)18-8-11-23-22(14-18)24(27(34)31-2)25(37-23)17-6-9-20(30)10-7-17/h4-11,14-15,24-25H,12-13H2,1-3H3,(H,31,34)(H,32,33). The molecule has 0 saturated heterocycles. The first-order chi connectivity index (χ1) is 17.8. The Labute approximate surface area is 214 Å². The van der Waals surface area contributed by atoms with Crippen molar-refractivity contribution >= 4 is 17.8 Å². The van der Waals surface area contributed by atoms with Crippen molar-refractivity contribution in [2.75, 3.05) is 14.2 Å². The second-order valence-corrected chi connectivity index (χ2v) is 9.49. The van der Waals surface area contributed by atoms with Crippen LogP contribution >= 0.6 is 0 Å². The van der Waals surface area contributed by atoms with Crippen molar-refractivity contribution in [3.05, 3.63) is 88.7 Å². The number of aryl methyl sites for hydroxylation is 1. The Hall–Kier alpha value is -4.20. The quantitative estimate of drug-likeness (QED) is 0.493. The van der Waals surface area contributed by atoms with Gasteiger partial charge in [-0.3, -0.25) is 9.59 Å². The van der Waals surface area contributed by atoms with Gasteiger partial charge in [-0.15, -0.1) is 0 Å². The maximum absolute atomic E-state index is 13.5. The summed E-state index contributed by atoms with van der Waals surface area (Å²) in [4.78, 5) is 38.0. The Morgan fingerprint density at radius 1 is 1.03 bits per heavy atom. The average molecular weight is 503 g/mol. The van der Waals surface area contributed by atoms with Crippen molar-refractivity contribution in [1.29, 1.82) is 0 Å². The van der Waals surface area contributed by atoms with Crippen LogP contribution in [0.2, 0.25) is 0 Å². The number of fused-ring (bicyclic) bond motifs is 1. The van der Waals surface area contributed by atoms with Crippen LogP contribution in [0.25, 0.3) is 11.1 Å². The van der Waals surface area contributed by atoms with E-state index in [9.17, 15) is 18.8 Å². The van der Waals surface area contributed by atoms with E-state index in [-0.39, 0.29) is 17.6 Å². The molecule has 3 aromatic carbocycles. The second kappa shape index (κ2) is 9.35. The molecule has 3 aromatic rings. The van der Waals surface area contributed by atoms with Crippen molar-refractivity contribution in [1.82, 2.24) is 10.6 Å². The third kappa shape index (κ3) is 4.43. The number of amides is 2.